The van der Waals surface area contributed by atoms with Gasteiger partial charge in [0.1, 0.15) is 0 Å². The minimum Gasteiger partial charge on any atom is -0.503 e. The van der Waals surface area contributed by atoms with Gasteiger partial charge >= 0.3 is 0 Å². The van der Waals surface area contributed by atoms with Crippen molar-refractivity contribution >= 4 is 11.7 Å². The van der Waals surface area contributed by atoms with Gasteiger partial charge in [0.15, 0.2) is 11.5 Å². The first-order valence-corrected chi connectivity index (χ1v) is 9.65. The van der Waals surface area contributed by atoms with Crippen LogP contribution in [0.3, 0.4) is 0 Å². The molecule has 0 saturated carbocycles. The maximum absolute atomic E-state index is 12.8. The lowest BCUT2D eigenvalue weighted by atomic mass is 9.91. The summed E-state index contributed by atoms with van der Waals surface area (Å²) in [5, 5.41) is 10.5. The summed E-state index contributed by atoms with van der Waals surface area (Å²) in [5.41, 5.74) is 2.30. The smallest absolute Gasteiger partial charge is 0.290 e. The van der Waals surface area contributed by atoms with E-state index in [1.807, 2.05) is 57.1 Å². The Bertz CT molecular complexity index is 718. The summed E-state index contributed by atoms with van der Waals surface area (Å²) in [7, 11) is 3.87. The highest BCUT2D eigenvalue weighted by atomic mass is 16.3. The first kappa shape index (κ1) is 21.2. The zero-order valence-corrected chi connectivity index (χ0v) is 17.3. The Labute approximate surface area is 162 Å². The summed E-state index contributed by atoms with van der Waals surface area (Å²) < 4.78 is 0. The number of aliphatic hydroxyl groups excluding tert-OH is 1. The van der Waals surface area contributed by atoms with Crippen LogP contribution < -0.4 is 0 Å². The second-order valence-electron chi connectivity index (χ2n) is 8.31. The first-order chi connectivity index (χ1) is 12.6. The van der Waals surface area contributed by atoms with Gasteiger partial charge in [-0.15, -0.1) is 0 Å². The SMILES string of the molecule is CC(C)CC(=O)C1=C(O)C(=O)N(CCN(C)C)C1c1ccc(C(C)C)cc1. The minimum absolute atomic E-state index is 0.152. The highest BCUT2D eigenvalue weighted by molar-refractivity contribution is 6.09. The molecule has 1 atom stereocenters. The maximum atomic E-state index is 12.8. The van der Waals surface area contributed by atoms with Crippen molar-refractivity contribution < 1.29 is 14.7 Å². The van der Waals surface area contributed by atoms with E-state index in [0.717, 1.165) is 5.56 Å². The first-order valence-electron chi connectivity index (χ1n) is 9.65. The van der Waals surface area contributed by atoms with Crippen LogP contribution in [0.2, 0.25) is 0 Å². The standard InChI is InChI=1S/C22H32N2O3/c1-14(2)13-18(25)19-20(17-9-7-16(8-10-17)15(3)4)24(12-11-23(5)6)22(27)21(19)26/h7-10,14-15,20,26H,11-13H2,1-6H3. The van der Waals surface area contributed by atoms with Crippen LogP contribution in [0.1, 0.15) is 57.2 Å². The summed E-state index contributed by atoms with van der Waals surface area (Å²) in [6.45, 7) is 9.28. The van der Waals surface area contributed by atoms with E-state index in [-0.39, 0.29) is 17.3 Å². The van der Waals surface area contributed by atoms with Crippen molar-refractivity contribution in [3.8, 4) is 0 Å². The molecule has 1 N–H and O–H groups in total. The summed E-state index contributed by atoms with van der Waals surface area (Å²) in [4.78, 5) is 29.2. The third-order valence-electron chi connectivity index (χ3n) is 4.90. The van der Waals surface area contributed by atoms with Crippen LogP contribution in [0.25, 0.3) is 0 Å². The van der Waals surface area contributed by atoms with Crippen molar-refractivity contribution in [1.82, 2.24) is 9.80 Å². The van der Waals surface area contributed by atoms with E-state index >= 15 is 0 Å². The van der Waals surface area contributed by atoms with Crippen molar-refractivity contribution in [3.05, 3.63) is 46.7 Å². The molecule has 1 aliphatic rings. The Hall–Kier alpha value is -2.14. The Morgan fingerprint density at radius 2 is 1.74 bits per heavy atom. The van der Waals surface area contributed by atoms with Crippen molar-refractivity contribution in [2.75, 3.05) is 27.2 Å². The van der Waals surface area contributed by atoms with E-state index in [2.05, 4.69) is 13.8 Å². The van der Waals surface area contributed by atoms with Gasteiger partial charge in [0, 0.05) is 19.5 Å². The number of amides is 1. The maximum Gasteiger partial charge on any atom is 0.290 e. The average Bonchev–Trinajstić information content (AvgIpc) is 2.83. The minimum atomic E-state index is -0.523. The van der Waals surface area contributed by atoms with Crippen LogP contribution in [0.5, 0.6) is 0 Å². The molecule has 0 aromatic heterocycles. The average molecular weight is 373 g/mol. The van der Waals surface area contributed by atoms with E-state index in [1.165, 1.54) is 5.56 Å². The molecule has 0 spiro atoms. The number of hydrogen-bond acceptors (Lipinski definition) is 4. The Morgan fingerprint density at radius 1 is 1.15 bits per heavy atom. The van der Waals surface area contributed by atoms with Crippen LogP contribution in [0, 0.1) is 5.92 Å². The number of hydrogen-bond donors (Lipinski definition) is 1. The number of nitrogens with zero attached hydrogens (tertiary/aromatic N) is 2. The number of Topliss-reactive ketones (excluding diaryl/α,β-unsaturated/α-hetero) is 1. The van der Waals surface area contributed by atoms with Gasteiger partial charge in [-0.2, -0.15) is 0 Å². The molecular weight excluding hydrogens is 340 g/mol. The Balaban J connectivity index is 2.45. The van der Waals surface area contributed by atoms with Crippen molar-refractivity contribution in [2.45, 2.75) is 46.1 Å². The predicted molar refractivity (Wildman–Crippen MR) is 108 cm³/mol. The van der Waals surface area contributed by atoms with Gasteiger partial charge < -0.3 is 14.9 Å². The van der Waals surface area contributed by atoms with E-state index in [9.17, 15) is 14.7 Å². The number of aliphatic hydroxyl groups is 1. The largest absolute Gasteiger partial charge is 0.503 e. The van der Waals surface area contributed by atoms with Gasteiger partial charge in [0.2, 0.25) is 0 Å². The van der Waals surface area contributed by atoms with Gasteiger partial charge in [0.25, 0.3) is 5.91 Å². The summed E-state index contributed by atoms with van der Waals surface area (Å²) >= 11 is 0. The molecule has 0 aliphatic carbocycles. The lowest BCUT2D eigenvalue weighted by Gasteiger charge is -2.28. The predicted octanol–water partition coefficient (Wildman–Crippen LogP) is 3.68. The summed E-state index contributed by atoms with van der Waals surface area (Å²) in [5.74, 6) is -0.437. The summed E-state index contributed by atoms with van der Waals surface area (Å²) in [6.07, 6.45) is 0.314. The molecule has 5 heteroatoms. The molecule has 1 unspecified atom stereocenters. The van der Waals surface area contributed by atoms with Crippen LogP contribution in [-0.2, 0) is 9.59 Å². The number of ketones is 1. The van der Waals surface area contributed by atoms with Gasteiger partial charge in [-0.25, -0.2) is 0 Å². The van der Waals surface area contributed by atoms with Crippen molar-refractivity contribution in [3.63, 3.8) is 0 Å². The lowest BCUT2D eigenvalue weighted by molar-refractivity contribution is -0.129. The number of likely N-dealkylation sites (N-methyl/N-ethyl adjacent to an activating group) is 1. The number of carbonyl (C=O) groups excluding carboxylic acids is 2. The van der Waals surface area contributed by atoms with Crippen molar-refractivity contribution in [2.24, 2.45) is 5.92 Å². The topological polar surface area (TPSA) is 60.9 Å². The number of benzene rings is 1. The molecule has 27 heavy (non-hydrogen) atoms. The fourth-order valence-electron chi connectivity index (χ4n) is 3.37. The highest BCUT2D eigenvalue weighted by Gasteiger charge is 2.43. The third kappa shape index (κ3) is 4.78. The van der Waals surface area contributed by atoms with Gasteiger partial charge in [0.05, 0.1) is 11.6 Å². The monoisotopic (exact) mass is 372 g/mol. The molecule has 148 valence electrons. The number of rotatable bonds is 8. The number of carbonyl (C=O) groups is 2. The zero-order valence-electron chi connectivity index (χ0n) is 17.3. The fourth-order valence-corrected chi connectivity index (χ4v) is 3.37. The molecular formula is C22H32N2O3. The summed E-state index contributed by atoms with van der Waals surface area (Å²) in [6, 6.07) is 7.49. The molecule has 0 radical (unpaired) electrons. The molecule has 1 amide bonds. The quantitative estimate of drug-likeness (QED) is 0.756. The molecule has 5 nitrogen and oxygen atoms in total. The Kier molecular flexibility index (Phi) is 6.82. The van der Waals surface area contributed by atoms with Gasteiger partial charge in [-0.1, -0.05) is 52.0 Å². The molecule has 1 heterocycles. The van der Waals surface area contributed by atoms with Gasteiger partial charge in [-0.05, 0) is 37.1 Å². The van der Waals surface area contributed by atoms with Crippen LogP contribution in [0.15, 0.2) is 35.6 Å². The highest BCUT2D eigenvalue weighted by Crippen LogP contribution is 2.38. The lowest BCUT2D eigenvalue weighted by Crippen LogP contribution is -2.36. The van der Waals surface area contributed by atoms with Crippen molar-refractivity contribution in [1.29, 1.82) is 0 Å². The molecule has 1 aromatic rings. The molecule has 2 rings (SSSR count). The van der Waals surface area contributed by atoms with Gasteiger partial charge in [-0.3, -0.25) is 9.59 Å². The van der Waals surface area contributed by atoms with E-state index in [1.54, 1.807) is 4.90 Å². The third-order valence-corrected chi connectivity index (χ3v) is 4.90. The molecule has 0 bridgehead atoms. The van der Waals surface area contributed by atoms with Crippen LogP contribution >= 0.6 is 0 Å². The normalized spacial score (nSPS) is 17.7. The molecule has 0 saturated heterocycles. The molecule has 0 fully saturated rings. The van der Waals surface area contributed by atoms with E-state index in [0.29, 0.717) is 25.4 Å². The second kappa shape index (κ2) is 8.70. The van der Waals surface area contributed by atoms with Crippen LogP contribution in [-0.4, -0.2) is 53.8 Å². The second-order valence-corrected chi connectivity index (χ2v) is 8.31. The molecule has 1 aliphatic heterocycles. The van der Waals surface area contributed by atoms with E-state index in [4.69, 9.17) is 0 Å². The Morgan fingerprint density at radius 3 is 2.22 bits per heavy atom. The molecule has 1 aromatic carbocycles. The van der Waals surface area contributed by atoms with Crippen LogP contribution in [0.4, 0.5) is 0 Å². The zero-order chi connectivity index (χ0) is 20.3. The van der Waals surface area contributed by atoms with E-state index < -0.39 is 17.7 Å². The fraction of sp³-hybridized carbons (Fsp3) is 0.545.